The van der Waals surface area contributed by atoms with Gasteiger partial charge < -0.3 is 15.5 Å². The van der Waals surface area contributed by atoms with E-state index in [0.29, 0.717) is 12.2 Å². The molecule has 0 saturated carbocycles. The third-order valence-corrected chi connectivity index (χ3v) is 3.69. The first-order valence-electron chi connectivity index (χ1n) is 5.83. The van der Waals surface area contributed by atoms with Gasteiger partial charge in [-0.2, -0.15) is 0 Å². The predicted octanol–water partition coefficient (Wildman–Crippen LogP) is 2.05. The van der Waals surface area contributed by atoms with Gasteiger partial charge in [0.25, 0.3) is 0 Å². The second kappa shape index (κ2) is 6.29. The lowest BCUT2D eigenvalue weighted by Gasteiger charge is -2.12. The number of hydrogen-bond donors (Lipinski definition) is 2. The lowest BCUT2D eigenvalue weighted by molar-refractivity contribution is -0.120. The summed E-state index contributed by atoms with van der Waals surface area (Å²) >= 11 is 1.41. The van der Waals surface area contributed by atoms with E-state index in [4.69, 9.17) is 10.2 Å². The first-order chi connectivity index (χ1) is 9.16. The average Bonchev–Trinajstić information content (AvgIpc) is 2.91. The second-order valence-electron chi connectivity index (χ2n) is 3.97. The van der Waals surface area contributed by atoms with E-state index < -0.39 is 0 Å². The summed E-state index contributed by atoms with van der Waals surface area (Å²) in [5.74, 6) is 0.673. The van der Waals surface area contributed by atoms with Gasteiger partial charge in [0.1, 0.15) is 5.76 Å². The molecule has 0 aliphatic heterocycles. The van der Waals surface area contributed by atoms with Crippen LogP contribution in [0.15, 0.2) is 46.2 Å². The molecule has 1 unspecified atom stereocenters. The van der Waals surface area contributed by atoms with Crippen LogP contribution in [0.1, 0.15) is 12.7 Å². The summed E-state index contributed by atoms with van der Waals surface area (Å²) in [4.78, 5) is 16.7. The van der Waals surface area contributed by atoms with Crippen molar-refractivity contribution in [2.45, 2.75) is 23.6 Å². The zero-order valence-electron chi connectivity index (χ0n) is 10.5. The molecule has 1 atom stereocenters. The van der Waals surface area contributed by atoms with Crippen LogP contribution in [0.4, 0.5) is 5.69 Å². The Hall–Kier alpha value is -1.95. The van der Waals surface area contributed by atoms with Crippen molar-refractivity contribution in [1.29, 1.82) is 0 Å². The third-order valence-electron chi connectivity index (χ3n) is 2.50. The molecular formula is C13H15N3O2S. The number of carbonyl (C=O) groups excluding carboxylic acids is 1. The van der Waals surface area contributed by atoms with Crippen LogP contribution in [-0.4, -0.2) is 16.1 Å². The molecule has 0 spiro atoms. The Labute approximate surface area is 115 Å². The fraction of sp³-hybridized carbons (Fsp3) is 0.231. The van der Waals surface area contributed by atoms with Gasteiger partial charge in [0.05, 0.1) is 29.9 Å². The second-order valence-corrected chi connectivity index (χ2v) is 5.35. The van der Waals surface area contributed by atoms with Gasteiger partial charge in [-0.25, -0.2) is 0 Å². The van der Waals surface area contributed by atoms with E-state index in [9.17, 15) is 4.79 Å². The van der Waals surface area contributed by atoms with Crippen LogP contribution in [-0.2, 0) is 11.3 Å². The van der Waals surface area contributed by atoms with Gasteiger partial charge in [-0.15, -0.1) is 11.8 Å². The van der Waals surface area contributed by atoms with Crippen molar-refractivity contribution in [3.05, 3.63) is 42.6 Å². The number of furan rings is 1. The monoisotopic (exact) mass is 277 g/mol. The highest BCUT2D eigenvalue weighted by atomic mass is 32.2. The average molecular weight is 277 g/mol. The molecule has 1 amide bonds. The summed E-state index contributed by atoms with van der Waals surface area (Å²) < 4.78 is 5.15. The smallest absolute Gasteiger partial charge is 0.233 e. The summed E-state index contributed by atoms with van der Waals surface area (Å²) in [6.45, 7) is 2.23. The fourth-order valence-corrected chi connectivity index (χ4v) is 2.38. The Morgan fingerprint density at radius 3 is 3.11 bits per heavy atom. The highest BCUT2D eigenvalue weighted by Gasteiger charge is 2.15. The Balaban J connectivity index is 1.87. The van der Waals surface area contributed by atoms with Crippen molar-refractivity contribution in [3.8, 4) is 0 Å². The van der Waals surface area contributed by atoms with Gasteiger partial charge in [-0.3, -0.25) is 9.78 Å². The Morgan fingerprint density at radius 2 is 2.42 bits per heavy atom. The van der Waals surface area contributed by atoms with Crippen molar-refractivity contribution in [1.82, 2.24) is 10.3 Å². The zero-order chi connectivity index (χ0) is 13.7. The molecule has 2 rings (SSSR count). The van der Waals surface area contributed by atoms with E-state index in [1.165, 1.54) is 11.8 Å². The van der Waals surface area contributed by atoms with Crippen molar-refractivity contribution in [2.75, 3.05) is 5.73 Å². The molecule has 5 nitrogen and oxygen atoms in total. The number of rotatable bonds is 5. The fourth-order valence-electron chi connectivity index (χ4n) is 1.48. The summed E-state index contributed by atoms with van der Waals surface area (Å²) in [6, 6.07) is 5.41. The van der Waals surface area contributed by atoms with Gasteiger partial charge in [0, 0.05) is 11.1 Å². The zero-order valence-corrected chi connectivity index (χ0v) is 11.3. The number of nitrogens with zero attached hydrogens (tertiary/aromatic N) is 1. The number of carbonyl (C=O) groups is 1. The molecule has 6 heteroatoms. The number of anilines is 1. The molecule has 0 aromatic carbocycles. The normalized spacial score (nSPS) is 12.1. The number of amides is 1. The lowest BCUT2D eigenvalue weighted by atomic mass is 10.4. The quantitative estimate of drug-likeness (QED) is 0.817. The molecule has 2 aromatic rings. The van der Waals surface area contributed by atoms with Crippen LogP contribution in [0.5, 0.6) is 0 Å². The number of nitrogens with two attached hydrogens (primary N) is 1. The summed E-state index contributed by atoms with van der Waals surface area (Å²) in [5, 5.41) is 2.58. The number of nitrogens with one attached hydrogen (secondary N) is 1. The highest BCUT2D eigenvalue weighted by Crippen LogP contribution is 2.27. The van der Waals surface area contributed by atoms with E-state index in [0.717, 1.165) is 10.7 Å². The van der Waals surface area contributed by atoms with Crippen molar-refractivity contribution < 1.29 is 9.21 Å². The maximum atomic E-state index is 11.9. The van der Waals surface area contributed by atoms with Gasteiger partial charge >= 0.3 is 0 Å². The first kappa shape index (κ1) is 13.5. The van der Waals surface area contributed by atoms with E-state index in [1.54, 1.807) is 30.8 Å². The van der Waals surface area contributed by atoms with Crippen molar-refractivity contribution in [2.24, 2.45) is 0 Å². The minimum Gasteiger partial charge on any atom is -0.467 e. The molecule has 0 aliphatic carbocycles. The van der Waals surface area contributed by atoms with Crippen LogP contribution < -0.4 is 11.1 Å². The molecule has 0 bridgehead atoms. The number of pyridine rings is 1. The molecule has 0 aliphatic rings. The van der Waals surface area contributed by atoms with E-state index in [2.05, 4.69) is 10.3 Å². The number of thioether (sulfide) groups is 1. The Kier molecular flexibility index (Phi) is 4.46. The molecule has 0 saturated heterocycles. The maximum Gasteiger partial charge on any atom is 0.233 e. The minimum absolute atomic E-state index is 0.0578. The minimum atomic E-state index is -0.236. The number of nitrogen functional groups attached to an aromatic ring is 1. The van der Waals surface area contributed by atoms with Crippen LogP contribution in [0.25, 0.3) is 0 Å². The van der Waals surface area contributed by atoms with Crippen LogP contribution >= 0.6 is 11.8 Å². The van der Waals surface area contributed by atoms with Crippen LogP contribution in [0.3, 0.4) is 0 Å². The Morgan fingerprint density at radius 1 is 1.58 bits per heavy atom. The van der Waals surface area contributed by atoms with Crippen LogP contribution in [0.2, 0.25) is 0 Å². The maximum absolute atomic E-state index is 11.9. The van der Waals surface area contributed by atoms with Gasteiger partial charge in [0.15, 0.2) is 0 Å². The van der Waals surface area contributed by atoms with Gasteiger partial charge in [0.2, 0.25) is 5.91 Å². The molecule has 2 heterocycles. The molecule has 19 heavy (non-hydrogen) atoms. The topological polar surface area (TPSA) is 81.1 Å². The van der Waals surface area contributed by atoms with Crippen molar-refractivity contribution in [3.63, 3.8) is 0 Å². The first-order valence-corrected chi connectivity index (χ1v) is 6.71. The number of hydrogen-bond acceptors (Lipinski definition) is 5. The molecule has 0 radical (unpaired) electrons. The summed E-state index contributed by atoms with van der Waals surface area (Å²) in [6.07, 6.45) is 4.82. The SMILES string of the molecule is CC(Sc1ccncc1N)C(=O)NCc1ccco1. The predicted molar refractivity (Wildman–Crippen MR) is 74.5 cm³/mol. The highest BCUT2D eigenvalue weighted by molar-refractivity contribution is 8.00. The molecule has 0 fully saturated rings. The summed E-state index contributed by atoms with van der Waals surface area (Å²) in [5.41, 5.74) is 6.37. The van der Waals surface area contributed by atoms with Crippen molar-refractivity contribution >= 4 is 23.4 Å². The standard InChI is InChI=1S/C13H15N3O2S/c1-9(19-12-4-5-15-8-11(12)14)13(17)16-7-10-3-2-6-18-10/h2-6,8-9H,7,14H2,1H3,(H,16,17). The third kappa shape index (κ3) is 3.75. The molecule has 100 valence electrons. The van der Waals surface area contributed by atoms with E-state index in [-0.39, 0.29) is 11.2 Å². The number of aromatic nitrogens is 1. The molecular weight excluding hydrogens is 262 g/mol. The Bertz CT molecular complexity index is 543. The molecule has 3 N–H and O–H groups in total. The van der Waals surface area contributed by atoms with Gasteiger partial charge in [-0.05, 0) is 25.1 Å². The summed E-state index contributed by atoms with van der Waals surface area (Å²) in [7, 11) is 0. The van der Waals surface area contributed by atoms with Crippen LogP contribution in [0, 0.1) is 0 Å². The molecule has 2 aromatic heterocycles. The van der Waals surface area contributed by atoms with Gasteiger partial charge in [-0.1, -0.05) is 0 Å². The lowest BCUT2D eigenvalue weighted by Crippen LogP contribution is -2.30. The van der Waals surface area contributed by atoms with E-state index in [1.807, 2.05) is 13.0 Å². The van der Waals surface area contributed by atoms with E-state index >= 15 is 0 Å². The largest absolute Gasteiger partial charge is 0.467 e.